The van der Waals surface area contributed by atoms with Gasteiger partial charge in [-0.3, -0.25) is 10.1 Å². The molecule has 1 atom stereocenters. The second kappa shape index (κ2) is 4.89. The summed E-state index contributed by atoms with van der Waals surface area (Å²) < 4.78 is 26.7. The number of ketones is 1. The summed E-state index contributed by atoms with van der Waals surface area (Å²) in [5.41, 5.74) is -0.987. The zero-order valence-corrected chi connectivity index (χ0v) is 10.3. The Balaban J connectivity index is 2.98. The number of alkyl halides is 1. The Hall–Kier alpha value is -1.69. The van der Waals surface area contributed by atoms with Crippen molar-refractivity contribution < 1.29 is 23.8 Å². The fraction of sp³-hybridized carbons (Fsp3) is 0.417. The summed E-state index contributed by atoms with van der Waals surface area (Å²) in [5, 5.41) is 20.5. The summed E-state index contributed by atoms with van der Waals surface area (Å²) in [5.74, 6) is -3.97. The van der Waals surface area contributed by atoms with Crippen LogP contribution in [0.2, 0.25) is 0 Å². The first kappa shape index (κ1) is 14.4. The predicted molar refractivity (Wildman–Crippen MR) is 61.8 cm³/mol. The van der Waals surface area contributed by atoms with E-state index in [1.807, 2.05) is 0 Å². The summed E-state index contributed by atoms with van der Waals surface area (Å²) in [7, 11) is 0. The third-order valence-electron chi connectivity index (χ3n) is 2.12. The highest BCUT2D eigenvalue weighted by Gasteiger charge is 2.25. The van der Waals surface area contributed by atoms with Crippen LogP contribution in [0.5, 0.6) is 11.5 Å². The largest absolute Gasteiger partial charge is 0.504 e. The van der Waals surface area contributed by atoms with Crippen LogP contribution in [-0.2, 0) is 0 Å². The number of Topliss-reactive ketones (excluding diaryl/α,β-unsaturated/α-hetero) is 1. The minimum Gasteiger partial charge on any atom is -0.504 e. The molecule has 100 valence electrons. The van der Waals surface area contributed by atoms with Crippen LogP contribution >= 0.6 is 0 Å². The van der Waals surface area contributed by atoms with Crippen molar-refractivity contribution in [3.63, 3.8) is 0 Å². The standard InChI is InChI=1S/C12H15F2NO3/c1-12(2,3)15-11(14)9(17)6-4-7(13)10(18)8(16)5-6/h4-5,11,15-16,18H,1-3H3. The van der Waals surface area contributed by atoms with Crippen LogP contribution in [0.15, 0.2) is 12.1 Å². The summed E-state index contributed by atoms with van der Waals surface area (Å²) >= 11 is 0. The third-order valence-corrected chi connectivity index (χ3v) is 2.12. The molecule has 3 N–H and O–H groups in total. The number of carbonyl (C=O) groups excluding carboxylic acids is 1. The molecule has 0 heterocycles. The number of halogens is 2. The SMILES string of the molecule is CC(C)(C)NC(F)C(=O)c1cc(O)c(O)c(F)c1. The lowest BCUT2D eigenvalue weighted by Gasteiger charge is -2.22. The van der Waals surface area contributed by atoms with Gasteiger partial charge in [0, 0.05) is 11.1 Å². The van der Waals surface area contributed by atoms with Gasteiger partial charge in [0.25, 0.3) is 0 Å². The minimum atomic E-state index is -2.02. The molecule has 1 aromatic rings. The van der Waals surface area contributed by atoms with E-state index in [2.05, 4.69) is 5.32 Å². The van der Waals surface area contributed by atoms with Crippen LogP contribution in [0.4, 0.5) is 8.78 Å². The lowest BCUT2D eigenvalue weighted by Crippen LogP contribution is -2.45. The molecule has 0 aromatic heterocycles. The van der Waals surface area contributed by atoms with Crippen molar-refractivity contribution in [1.29, 1.82) is 0 Å². The van der Waals surface area contributed by atoms with Gasteiger partial charge in [-0.25, -0.2) is 8.78 Å². The Morgan fingerprint density at radius 2 is 1.89 bits per heavy atom. The average molecular weight is 259 g/mol. The van der Waals surface area contributed by atoms with Gasteiger partial charge in [0.1, 0.15) is 0 Å². The fourth-order valence-electron chi connectivity index (χ4n) is 1.32. The lowest BCUT2D eigenvalue weighted by molar-refractivity contribution is 0.0804. The molecule has 4 nitrogen and oxygen atoms in total. The van der Waals surface area contributed by atoms with Crippen molar-refractivity contribution in [1.82, 2.24) is 5.32 Å². The van der Waals surface area contributed by atoms with Crippen molar-refractivity contribution in [3.05, 3.63) is 23.5 Å². The van der Waals surface area contributed by atoms with E-state index >= 15 is 0 Å². The molecule has 0 radical (unpaired) electrons. The first-order valence-corrected chi connectivity index (χ1v) is 5.29. The Labute approximate surface area is 103 Å². The van der Waals surface area contributed by atoms with Crippen LogP contribution in [0.1, 0.15) is 31.1 Å². The Bertz CT molecular complexity index is 446. The van der Waals surface area contributed by atoms with E-state index in [9.17, 15) is 13.6 Å². The average Bonchev–Trinajstić information content (AvgIpc) is 2.21. The van der Waals surface area contributed by atoms with Gasteiger partial charge in [0.15, 0.2) is 17.3 Å². The molecule has 0 amide bonds. The van der Waals surface area contributed by atoms with E-state index < -0.39 is 34.9 Å². The minimum absolute atomic E-state index is 0.355. The topological polar surface area (TPSA) is 69.6 Å². The molecule has 1 aromatic carbocycles. The molecule has 0 aliphatic carbocycles. The van der Waals surface area contributed by atoms with Crippen LogP contribution in [0, 0.1) is 5.82 Å². The summed E-state index contributed by atoms with van der Waals surface area (Å²) in [6.07, 6.45) is -2.02. The molecule has 0 saturated heterocycles. The van der Waals surface area contributed by atoms with Gasteiger partial charge in [-0.05, 0) is 32.9 Å². The molecule has 0 bridgehead atoms. The molecule has 6 heteroatoms. The number of nitrogens with one attached hydrogen (secondary N) is 1. The van der Waals surface area contributed by atoms with E-state index in [0.29, 0.717) is 6.07 Å². The third kappa shape index (κ3) is 3.40. The number of hydrogen-bond donors (Lipinski definition) is 3. The Morgan fingerprint density at radius 1 is 1.33 bits per heavy atom. The number of hydrogen-bond acceptors (Lipinski definition) is 4. The van der Waals surface area contributed by atoms with E-state index in [-0.39, 0.29) is 5.56 Å². The highest BCUT2D eigenvalue weighted by Crippen LogP contribution is 2.29. The zero-order chi connectivity index (χ0) is 14.1. The molecule has 0 aliphatic rings. The number of rotatable bonds is 3. The first-order valence-electron chi connectivity index (χ1n) is 5.29. The van der Waals surface area contributed by atoms with Gasteiger partial charge in [0.2, 0.25) is 12.1 Å². The van der Waals surface area contributed by atoms with Crippen LogP contribution < -0.4 is 5.32 Å². The van der Waals surface area contributed by atoms with Crippen molar-refractivity contribution in [2.24, 2.45) is 0 Å². The van der Waals surface area contributed by atoms with Crippen molar-refractivity contribution in [2.45, 2.75) is 32.6 Å². The maximum Gasteiger partial charge on any atom is 0.215 e. The smallest absolute Gasteiger partial charge is 0.215 e. The van der Waals surface area contributed by atoms with Crippen molar-refractivity contribution in [2.75, 3.05) is 0 Å². The van der Waals surface area contributed by atoms with E-state index in [4.69, 9.17) is 10.2 Å². The molecular formula is C12H15F2NO3. The molecule has 1 rings (SSSR count). The monoisotopic (exact) mass is 259 g/mol. The molecule has 18 heavy (non-hydrogen) atoms. The molecular weight excluding hydrogens is 244 g/mol. The van der Waals surface area contributed by atoms with Crippen LogP contribution in [-0.4, -0.2) is 27.8 Å². The van der Waals surface area contributed by atoms with Gasteiger partial charge in [-0.2, -0.15) is 0 Å². The van der Waals surface area contributed by atoms with Gasteiger partial charge in [-0.1, -0.05) is 0 Å². The second-order valence-corrected chi connectivity index (χ2v) is 4.95. The molecule has 0 spiro atoms. The van der Waals surface area contributed by atoms with E-state index in [0.717, 1.165) is 6.07 Å². The number of aromatic hydroxyl groups is 2. The zero-order valence-electron chi connectivity index (χ0n) is 10.3. The molecule has 0 fully saturated rings. The Kier molecular flexibility index (Phi) is 3.91. The molecule has 1 unspecified atom stereocenters. The highest BCUT2D eigenvalue weighted by molar-refractivity contribution is 5.99. The maximum atomic E-state index is 13.6. The van der Waals surface area contributed by atoms with Crippen LogP contribution in [0.25, 0.3) is 0 Å². The number of benzene rings is 1. The van der Waals surface area contributed by atoms with Gasteiger partial charge < -0.3 is 10.2 Å². The van der Waals surface area contributed by atoms with Gasteiger partial charge >= 0.3 is 0 Å². The quantitative estimate of drug-likeness (QED) is 0.441. The van der Waals surface area contributed by atoms with Gasteiger partial charge in [0.05, 0.1) is 0 Å². The maximum absolute atomic E-state index is 13.6. The fourth-order valence-corrected chi connectivity index (χ4v) is 1.32. The van der Waals surface area contributed by atoms with Gasteiger partial charge in [-0.15, -0.1) is 0 Å². The molecule has 0 aliphatic heterocycles. The summed E-state index contributed by atoms with van der Waals surface area (Å²) in [6, 6.07) is 1.49. The highest BCUT2D eigenvalue weighted by atomic mass is 19.1. The van der Waals surface area contributed by atoms with E-state index in [1.165, 1.54) is 0 Å². The van der Waals surface area contributed by atoms with E-state index in [1.54, 1.807) is 20.8 Å². The number of phenolic OH excluding ortho intramolecular Hbond substituents is 2. The number of carbonyl (C=O) groups is 1. The first-order chi connectivity index (χ1) is 8.11. The molecule has 0 saturated carbocycles. The predicted octanol–water partition coefficient (Wildman–Crippen LogP) is 2.10. The number of phenols is 2. The van der Waals surface area contributed by atoms with Crippen molar-refractivity contribution in [3.8, 4) is 11.5 Å². The van der Waals surface area contributed by atoms with Crippen molar-refractivity contribution >= 4 is 5.78 Å². The summed E-state index contributed by atoms with van der Waals surface area (Å²) in [6.45, 7) is 5.01. The summed E-state index contributed by atoms with van der Waals surface area (Å²) in [4.78, 5) is 11.6. The second-order valence-electron chi connectivity index (χ2n) is 4.95. The Morgan fingerprint density at radius 3 is 2.33 bits per heavy atom. The van der Waals surface area contributed by atoms with Crippen LogP contribution in [0.3, 0.4) is 0 Å². The normalized spacial score (nSPS) is 13.4. The lowest BCUT2D eigenvalue weighted by atomic mass is 10.1.